The van der Waals surface area contributed by atoms with E-state index in [1.165, 1.54) is 0 Å². The van der Waals surface area contributed by atoms with Crippen LogP contribution in [0.5, 0.6) is 0 Å². The normalized spacial score (nSPS) is 28.0. The molecule has 0 amide bonds. The monoisotopic (exact) mass is 516 g/mol. The van der Waals surface area contributed by atoms with E-state index in [1.54, 1.807) is 35.1 Å². The highest BCUT2D eigenvalue weighted by Gasteiger charge is 2.51. The average Bonchev–Trinajstić information content (AvgIpc) is 3.38. The van der Waals surface area contributed by atoms with E-state index < -0.39 is 41.9 Å². The van der Waals surface area contributed by atoms with Gasteiger partial charge in [-0.3, -0.25) is 25.1 Å². The molecular formula is C24H39F3N6O3. The minimum atomic E-state index is -4.39. The molecule has 0 aromatic carbocycles. The first-order chi connectivity index (χ1) is 16.8. The minimum absolute atomic E-state index is 0.153. The molecule has 0 bridgehead atoms. The van der Waals surface area contributed by atoms with Gasteiger partial charge in [-0.05, 0) is 31.9 Å². The molecule has 3 rings (SSSR count). The van der Waals surface area contributed by atoms with E-state index in [2.05, 4.69) is 15.7 Å². The Labute approximate surface area is 210 Å². The summed E-state index contributed by atoms with van der Waals surface area (Å²) in [5.41, 5.74) is -0.103. The zero-order chi connectivity index (χ0) is 26.8. The lowest BCUT2D eigenvalue weighted by Gasteiger charge is -2.43. The predicted octanol–water partition coefficient (Wildman–Crippen LogP) is 2.82. The average molecular weight is 517 g/mol. The van der Waals surface area contributed by atoms with Gasteiger partial charge in [0.25, 0.3) is 0 Å². The third-order valence-corrected chi connectivity index (χ3v) is 6.43. The van der Waals surface area contributed by atoms with Crippen LogP contribution in [0, 0.1) is 5.41 Å². The van der Waals surface area contributed by atoms with Gasteiger partial charge in [-0.1, -0.05) is 33.8 Å². The summed E-state index contributed by atoms with van der Waals surface area (Å²) in [5.74, 6) is 0. The third kappa shape index (κ3) is 6.55. The van der Waals surface area contributed by atoms with Gasteiger partial charge in [-0.2, -0.15) is 23.3 Å². The Morgan fingerprint density at radius 2 is 2.03 bits per heavy atom. The molecule has 2 aliphatic heterocycles. The van der Waals surface area contributed by atoms with Crippen LogP contribution in [-0.4, -0.2) is 74.1 Å². The molecule has 2 fully saturated rings. The smallest absolute Gasteiger partial charge is 0.376 e. The largest absolute Gasteiger partial charge is 0.412 e. The van der Waals surface area contributed by atoms with Crippen molar-refractivity contribution in [1.82, 2.24) is 30.4 Å². The van der Waals surface area contributed by atoms with Gasteiger partial charge < -0.3 is 10.2 Å². The molecule has 2 aliphatic rings. The highest BCUT2D eigenvalue weighted by atomic mass is 19.4. The van der Waals surface area contributed by atoms with Gasteiger partial charge in [0.2, 0.25) is 0 Å². The zero-order valence-electron chi connectivity index (χ0n) is 21.8. The quantitative estimate of drug-likeness (QED) is 0.309. The maximum atomic E-state index is 13.0. The molecule has 0 saturated carbocycles. The Bertz CT molecular complexity index is 942. The van der Waals surface area contributed by atoms with Crippen molar-refractivity contribution >= 4 is 0 Å². The molecule has 5 unspecified atom stereocenters. The van der Waals surface area contributed by atoms with Crippen LogP contribution in [0.15, 0.2) is 35.7 Å². The maximum absolute atomic E-state index is 13.0. The van der Waals surface area contributed by atoms with Crippen LogP contribution in [0.25, 0.3) is 0 Å². The van der Waals surface area contributed by atoms with E-state index in [4.69, 9.17) is 4.84 Å². The summed E-state index contributed by atoms with van der Waals surface area (Å²) < 4.78 is 40.5. The molecule has 0 aliphatic carbocycles. The molecule has 12 heteroatoms. The first kappa shape index (κ1) is 28.8. The van der Waals surface area contributed by atoms with Crippen molar-refractivity contribution in [2.75, 3.05) is 13.2 Å². The van der Waals surface area contributed by atoms with Gasteiger partial charge in [-0.25, -0.2) is 0 Å². The fourth-order valence-corrected chi connectivity index (χ4v) is 4.19. The van der Waals surface area contributed by atoms with Crippen LogP contribution in [0.4, 0.5) is 13.2 Å². The summed E-state index contributed by atoms with van der Waals surface area (Å²) in [6, 6.07) is -0.529. The van der Waals surface area contributed by atoms with Gasteiger partial charge >= 0.3 is 6.18 Å². The Morgan fingerprint density at radius 3 is 2.61 bits per heavy atom. The Hall–Kier alpha value is -1.80. The first-order valence-electron chi connectivity index (χ1n) is 12.2. The van der Waals surface area contributed by atoms with Crippen LogP contribution in [0.2, 0.25) is 0 Å². The van der Waals surface area contributed by atoms with Crippen LogP contribution in [0.3, 0.4) is 0 Å². The number of aliphatic hydroxyl groups is 2. The Morgan fingerprint density at radius 1 is 1.33 bits per heavy atom. The topological polar surface area (TPSA) is 98.1 Å². The standard InChI is InChI=1S/C24H39F3N6O3/c1-7-9-31-14-28-19-18(21(31)34)33(36-22(35)23(4,5)6)20(30-19)17-11-29-32(13-17)12-16(8-2)10-15(3)24(25,26)27/h8,10-11,13,18-22,28,30,34-35H,7,9,12,14H2,1-6H3/b15-10+,16-8+. The van der Waals surface area contributed by atoms with E-state index in [1.807, 2.05) is 32.6 Å². The van der Waals surface area contributed by atoms with Crippen molar-refractivity contribution in [3.63, 3.8) is 0 Å². The second kappa shape index (κ2) is 11.3. The van der Waals surface area contributed by atoms with Crippen molar-refractivity contribution in [3.05, 3.63) is 41.3 Å². The minimum Gasteiger partial charge on any atom is -0.376 e. The number of nitrogens with zero attached hydrogens (tertiary/aromatic N) is 4. The van der Waals surface area contributed by atoms with Crippen molar-refractivity contribution < 1.29 is 28.2 Å². The van der Waals surface area contributed by atoms with Crippen molar-refractivity contribution in [1.29, 1.82) is 0 Å². The number of rotatable bonds is 8. The van der Waals surface area contributed by atoms with Crippen LogP contribution in [0.1, 0.15) is 59.7 Å². The molecule has 204 valence electrons. The lowest BCUT2D eigenvalue weighted by molar-refractivity contribution is -0.330. The number of hydrogen-bond acceptors (Lipinski definition) is 8. The molecule has 9 nitrogen and oxygen atoms in total. The van der Waals surface area contributed by atoms with Gasteiger partial charge in [0.1, 0.15) is 18.4 Å². The lowest BCUT2D eigenvalue weighted by Crippen LogP contribution is -2.65. The summed E-state index contributed by atoms with van der Waals surface area (Å²) in [6.07, 6.45) is -0.328. The molecule has 0 radical (unpaired) electrons. The Balaban J connectivity index is 1.86. The van der Waals surface area contributed by atoms with Gasteiger partial charge in [0.15, 0.2) is 6.29 Å². The van der Waals surface area contributed by atoms with E-state index in [0.29, 0.717) is 24.4 Å². The van der Waals surface area contributed by atoms with E-state index in [0.717, 1.165) is 19.4 Å². The van der Waals surface area contributed by atoms with E-state index >= 15 is 0 Å². The molecule has 0 spiro atoms. The van der Waals surface area contributed by atoms with Crippen LogP contribution >= 0.6 is 0 Å². The number of aliphatic hydroxyl groups excluding tert-OH is 2. The SMILES string of the molecule is C/C=C(\C=C(/C)C(F)(F)F)Cn1cc(C2NC3NCN(CCC)C(O)C3N2OC(O)C(C)(C)C)cn1. The van der Waals surface area contributed by atoms with Crippen molar-refractivity contribution in [3.8, 4) is 0 Å². The lowest BCUT2D eigenvalue weighted by atomic mass is 9.96. The highest BCUT2D eigenvalue weighted by molar-refractivity contribution is 5.25. The second-order valence-electron chi connectivity index (χ2n) is 10.5. The summed E-state index contributed by atoms with van der Waals surface area (Å²) in [7, 11) is 0. The summed E-state index contributed by atoms with van der Waals surface area (Å²) in [4.78, 5) is 7.93. The maximum Gasteiger partial charge on any atom is 0.412 e. The van der Waals surface area contributed by atoms with Crippen LogP contribution in [-0.2, 0) is 11.4 Å². The van der Waals surface area contributed by atoms with E-state index in [-0.39, 0.29) is 12.7 Å². The number of aromatic nitrogens is 2. The molecule has 4 N–H and O–H groups in total. The van der Waals surface area contributed by atoms with Gasteiger partial charge in [0, 0.05) is 29.3 Å². The Kier molecular flexibility index (Phi) is 9.03. The van der Waals surface area contributed by atoms with Gasteiger partial charge in [0.05, 0.1) is 25.6 Å². The number of hydroxylamine groups is 2. The summed E-state index contributed by atoms with van der Waals surface area (Å²) in [6.45, 7) is 11.6. The molecule has 3 heterocycles. The summed E-state index contributed by atoms with van der Waals surface area (Å²) in [5, 5.41) is 34.6. The van der Waals surface area contributed by atoms with Crippen LogP contribution < -0.4 is 10.6 Å². The number of nitrogens with one attached hydrogen (secondary N) is 2. The number of allylic oxidation sites excluding steroid dienone is 4. The highest BCUT2D eigenvalue weighted by Crippen LogP contribution is 2.35. The first-order valence-corrected chi connectivity index (χ1v) is 12.2. The van der Waals surface area contributed by atoms with Gasteiger partial charge in [-0.15, -0.1) is 0 Å². The zero-order valence-corrected chi connectivity index (χ0v) is 21.8. The fourth-order valence-electron chi connectivity index (χ4n) is 4.19. The second-order valence-corrected chi connectivity index (χ2v) is 10.5. The van der Waals surface area contributed by atoms with Crippen molar-refractivity contribution in [2.45, 2.75) is 91.6 Å². The molecule has 2 saturated heterocycles. The van der Waals surface area contributed by atoms with E-state index in [9.17, 15) is 23.4 Å². The number of hydrogen-bond donors (Lipinski definition) is 4. The number of fused-ring (bicyclic) bond motifs is 1. The number of halogens is 3. The summed E-state index contributed by atoms with van der Waals surface area (Å²) >= 11 is 0. The number of alkyl halides is 3. The molecule has 1 aromatic rings. The third-order valence-electron chi connectivity index (χ3n) is 6.43. The molecule has 36 heavy (non-hydrogen) atoms. The fraction of sp³-hybridized carbons (Fsp3) is 0.708. The molecule has 1 aromatic heterocycles. The molecular weight excluding hydrogens is 477 g/mol. The molecule has 5 atom stereocenters. The predicted molar refractivity (Wildman–Crippen MR) is 129 cm³/mol. The van der Waals surface area contributed by atoms with Crippen molar-refractivity contribution in [2.24, 2.45) is 5.41 Å².